The predicted octanol–water partition coefficient (Wildman–Crippen LogP) is 2.88. The van der Waals surface area contributed by atoms with Crippen molar-refractivity contribution >= 4 is 23.4 Å². The van der Waals surface area contributed by atoms with Crippen LogP contribution < -0.4 is 9.47 Å². The van der Waals surface area contributed by atoms with E-state index in [1.807, 2.05) is 13.8 Å². The Kier molecular flexibility index (Phi) is 5.82. The summed E-state index contributed by atoms with van der Waals surface area (Å²) >= 11 is 5.99. The van der Waals surface area contributed by atoms with Crippen LogP contribution in [0.5, 0.6) is 11.5 Å². The molecule has 0 fully saturated rings. The van der Waals surface area contributed by atoms with Gasteiger partial charge in [-0.3, -0.25) is 4.79 Å². The van der Waals surface area contributed by atoms with E-state index in [9.17, 15) is 9.59 Å². The van der Waals surface area contributed by atoms with Gasteiger partial charge in [-0.1, -0.05) is 11.6 Å². The maximum absolute atomic E-state index is 11.9. The van der Waals surface area contributed by atoms with Gasteiger partial charge in [-0.2, -0.15) is 0 Å². The van der Waals surface area contributed by atoms with Gasteiger partial charge in [-0.15, -0.1) is 0 Å². The van der Waals surface area contributed by atoms with Gasteiger partial charge in [0.25, 0.3) is 5.78 Å². The highest BCUT2D eigenvalue weighted by atomic mass is 35.5. The van der Waals surface area contributed by atoms with Gasteiger partial charge in [-0.05, 0) is 26.8 Å². The number of rotatable bonds is 6. The number of esters is 1. The van der Waals surface area contributed by atoms with Crippen LogP contribution in [0.3, 0.4) is 0 Å². The first-order valence-corrected chi connectivity index (χ1v) is 6.54. The lowest BCUT2D eigenvalue weighted by Crippen LogP contribution is -2.18. The van der Waals surface area contributed by atoms with Gasteiger partial charge in [-0.25, -0.2) is 4.79 Å². The van der Waals surface area contributed by atoms with Crippen LogP contribution in [0.4, 0.5) is 0 Å². The number of ketones is 1. The molecule has 0 aliphatic carbocycles. The number of hydrogen-bond acceptors (Lipinski definition) is 5. The molecule has 0 saturated heterocycles. The number of carbonyl (C=O) groups excluding carboxylic acids is 2. The molecule has 0 atom stereocenters. The van der Waals surface area contributed by atoms with Crippen molar-refractivity contribution in [2.75, 3.05) is 13.7 Å². The monoisotopic (exact) mass is 300 g/mol. The maximum atomic E-state index is 11.9. The second kappa shape index (κ2) is 7.14. The Hall–Kier alpha value is -1.75. The van der Waals surface area contributed by atoms with Crippen LogP contribution in [-0.4, -0.2) is 31.6 Å². The van der Waals surface area contributed by atoms with Gasteiger partial charge < -0.3 is 14.2 Å². The van der Waals surface area contributed by atoms with E-state index >= 15 is 0 Å². The zero-order valence-corrected chi connectivity index (χ0v) is 12.6. The average molecular weight is 301 g/mol. The summed E-state index contributed by atoms with van der Waals surface area (Å²) in [6.07, 6.45) is -0.115. The highest BCUT2D eigenvalue weighted by molar-refractivity contribution is 6.45. The zero-order chi connectivity index (χ0) is 15.3. The van der Waals surface area contributed by atoms with Crippen LogP contribution in [0.1, 0.15) is 31.1 Å². The Morgan fingerprint density at radius 1 is 1.25 bits per heavy atom. The number of Topliss-reactive ketones (excluding diaryl/α,β-unsaturated/α-hetero) is 1. The molecule has 0 unspecified atom stereocenters. The van der Waals surface area contributed by atoms with Crippen molar-refractivity contribution in [2.24, 2.45) is 0 Å². The largest absolute Gasteiger partial charge is 0.493 e. The Balaban J connectivity index is 3.20. The predicted molar refractivity (Wildman–Crippen MR) is 74.7 cm³/mol. The first-order chi connectivity index (χ1) is 9.40. The van der Waals surface area contributed by atoms with Gasteiger partial charge in [0.2, 0.25) is 0 Å². The molecule has 6 heteroatoms. The van der Waals surface area contributed by atoms with E-state index in [-0.39, 0.29) is 23.3 Å². The molecule has 0 heterocycles. The molecule has 1 aromatic rings. The minimum absolute atomic E-state index is 0.0292. The Bertz CT molecular complexity index is 511. The number of halogens is 1. The van der Waals surface area contributed by atoms with Crippen molar-refractivity contribution in [3.63, 3.8) is 0 Å². The van der Waals surface area contributed by atoms with Crippen molar-refractivity contribution in [3.8, 4) is 11.5 Å². The molecule has 1 aromatic carbocycles. The van der Waals surface area contributed by atoms with Gasteiger partial charge in [0.1, 0.15) is 0 Å². The van der Waals surface area contributed by atoms with E-state index < -0.39 is 11.8 Å². The number of hydrogen-bond donors (Lipinski definition) is 0. The maximum Gasteiger partial charge on any atom is 0.379 e. The molecule has 0 aliphatic rings. The number of benzene rings is 1. The number of ether oxygens (including phenoxy) is 3. The fraction of sp³-hybridized carbons (Fsp3) is 0.429. The summed E-state index contributed by atoms with van der Waals surface area (Å²) in [5.41, 5.74) is 0.0292. The van der Waals surface area contributed by atoms with Crippen molar-refractivity contribution in [2.45, 2.75) is 26.9 Å². The van der Waals surface area contributed by atoms with Crippen LogP contribution in [-0.2, 0) is 9.53 Å². The van der Waals surface area contributed by atoms with Crippen molar-refractivity contribution < 1.29 is 23.8 Å². The zero-order valence-electron chi connectivity index (χ0n) is 11.9. The van der Waals surface area contributed by atoms with E-state index in [1.54, 1.807) is 6.92 Å². The number of methoxy groups -OCH3 is 1. The van der Waals surface area contributed by atoms with Crippen molar-refractivity contribution in [1.29, 1.82) is 0 Å². The summed E-state index contributed by atoms with van der Waals surface area (Å²) in [7, 11) is 1.46. The lowest BCUT2D eigenvalue weighted by atomic mass is 10.1. The molecule has 1 rings (SSSR count). The lowest BCUT2D eigenvalue weighted by molar-refractivity contribution is -0.137. The lowest BCUT2D eigenvalue weighted by Gasteiger charge is -2.15. The standard InChI is InChI=1S/C14H17ClO5/c1-5-19-14(17)13(16)9-6-12(20-8(2)3)11(18-4)7-10(9)15/h6-8H,5H2,1-4H3. The molecule has 0 aromatic heterocycles. The topological polar surface area (TPSA) is 61.8 Å². The van der Waals surface area contributed by atoms with E-state index in [0.717, 1.165) is 0 Å². The normalized spacial score (nSPS) is 10.3. The second-order valence-corrected chi connectivity index (χ2v) is 4.61. The van der Waals surface area contributed by atoms with Crippen LogP contribution in [0.2, 0.25) is 5.02 Å². The molecule has 0 bridgehead atoms. The molecule has 5 nitrogen and oxygen atoms in total. The first kappa shape index (κ1) is 16.3. The first-order valence-electron chi connectivity index (χ1n) is 6.16. The molecule has 110 valence electrons. The van der Waals surface area contributed by atoms with Crippen LogP contribution in [0, 0.1) is 0 Å². The SMILES string of the molecule is CCOC(=O)C(=O)c1cc(OC(C)C)c(OC)cc1Cl. The van der Waals surface area contributed by atoms with Crippen LogP contribution in [0.25, 0.3) is 0 Å². The molecule has 0 amide bonds. The smallest absolute Gasteiger partial charge is 0.379 e. The summed E-state index contributed by atoms with van der Waals surface area (Å²) < 4.78 is 15.3. The minimum Gasteiger partial charge on any atom is -0.493 e. The summed E-state index contributed by atoms with van der Waals surface area (Å²) in [5.74, 6) is -1.02. The third-order valence-electron chi connectivity index (χ3n) is 2.32. The van der Waals surface area contributed by atoms with Gasteiger partial charge in [0, 0.05) is 6.07 Å². The van der Waals surface area contributed by atoms with Gasteiger partial charge in [0.05, 0.1) is 30.4 Å². The highest BCUT2D eigenvalue weighted by Gasteiger charge is 2.23. The molecule has 20 heavy (non-hydrogen) atoms. The fourth-order valence-corrected chi connectivity index (χ4v) is 1.76. The van der Waals surface area contributed by atoms with Gasteiger partial charge in [0.15, 0.2) is 11.5 Å². The van der Waals surface area contributed by atoms with Crippen LogP contribution in [0.15, 0.2) is 12.1 Å². The molecule has 0 saturated carbocycles. The van der Waals surface area contributed by atoms with E-state index in [2.05, 4.69) is 4.74 Å². The summed E-state index contributed by atoms with van der Waals surface area (Å²) in [6.45, 7) is 5.41. The molecule has 0 N–H and O–H groups in total. The van der Waals surface area contributed by atoms with Gasteiger partial charge >= 0.3 is 5.97 Å². The fourth-order valence-electron chi connectivity index (χ4n) is 1.52. The number of carbonyl (C=O) groups is 2. The van der Waals surface area contributed by atoms with E-state index in [0.29, 0.717) is 11.5 Å². The third-order valence-corrected chi connectivity index (χ3v) is 2.63. The highest BCUT2D eigenvalue weighted by Crippen LogP contribution is 2.34. The molecular formula is C14H17ClO5. The Morgan fingerprint density at radius 2 is 1.90 bits per heavy atom. The summed E-state index contributed by atoms with van der Waals surface area (Å²) in [6, 6.07) is 2.83. The van der Waals surface area contributed by atoms with E-state index in [4.69, 9.17) is 21.1 Å². The molecular weight excluding hydrogens is 284 g/mol. The minimum atomic E-state index is -0.949. The van der Waals surface area contributed by atoms with Crippen molar-refractivity contribution in [1.82, 2.24) is 0 Å². The average Bonchev–Trinajstić information content (AvgIpc) is 2.39. The Morgan fingerprint density at radius 3 is 2.40 bits per heavy atom. The molecule has 0 spiro atoms. The third kappa shape index (κ3) is 3.87. The van der Waals surface area contributed by atoms with Crippen LogP contribution >= 0.6 is 11.6 Å². The summed E-state index contributed by atoms with van der Waals surface area (Å²) in [4.78, 5) is 23.4. The van der Waals surface area contributed by atoms with Crippen molar-refractivity contribution in [3.05, 3.63) is 22.7 Å². The quantitative estimate of drug-likeness (QED) is 0.459. The van der Waals surface area contributed by atoms with E-state index in [1.165, 1.54) is 19.2 Å². The molecule has 0 radical (unpaired) electrons. The Labute approximate surface area is 122 Å². The second-order valence-electron chi connectivity index (χ2n) is 4.20. The summed E-state index contributed by atoms with van der Waals surface area (Å²) in [5, 5.41) is 0.107. The molecule has 0 aliphatic heterocycles.